The van der Waals surface area contributed by atoms with Crippen molar-refractivity contribution >= 4 is 5.97 Å². The number of aliphatic carboxylic acids is 1. The van der Waals surface area contributed by atoms with Gasteiger partial charge in [0.05, 0.1) is 11.4 Å². The number of carboxylic acids is 1. The zero-order valence-corrected chi connectivity index (χ0v) is 17.6. The Labute approximate surface area is 185 Å². The fraction of sp³-hybridized carbons (Fsp3) is 0.0435. The monoisotopic (exact) mass is 376 g/mol. The molecule has 0 fully saturated rings. The average Bonchev–Trinajstić information content (AvgIpc) is 3.08. The Bertz CT molecular complexity index is 1060. The number of aromatic nitrogens is 2. The minimum Gasteiger partial charge on any atom is -0.550 e. The molecule has 0 bridgehead atoms. The number of rotatable bonds is 5. The van der Waals surface area contributed by atoms with Crippen LogP contribution in [0.1, 0.15) is 5.69 Å². The van der Waals surface area contributed by atoms with E-state index in [1.165, 1.54) is 0 Å². The van der Waals surface area contributed by atoms with Crippen molar-refractivity contribution < 1.29 is 39.5 Å². The van der Waals surface area contributed by atoms with Gasteiger partial charge in [-0.05, 0) is 17.7 Å². The Morgan fingerprint density at radius 1 is 0.786 bits per heavy atom. The molecule has 0 saturated carbocycles. The average molecular weight is 376 g/mol. The molecule has 0 unspecified atom stereocenters. The van der Waals surface area contributed by atoms with Gasteiger partial charge in [-0.15, -0.1) is 0 Å². The molecule has 0 aliphatic carbocycles. The summed E-state index contributed by atoms with van der Waals surface area (Å²) in [5.74, 6) is -1.14. The number of carbonyl (C=O) groups is 1. The van der Waals surface area contributed by atoms with E-state index in [-0.39, 0.29) is 36.0 Å². The SMILES string of the molecule is O=C([O-])Cc1c(-c2ccccc2)c(-c2ccccc2)nn1-c1ccccc1.[Na+]. The molecule has 4 aromatic rings. The van der Waals surface area contributed by atoms with Crippen LogP contribution in [0.2, 0.25) is 0 Å². The molecule has 0 aliphatic heterocycles. The molecule has 1 heterocycles. The molecule has 0 aliphatic rings. The maximum atomic E-state index is 11.5. The summed E-state index contributed by atoms with van der Waals surface area (Å²) in [5.41, 5.74) is 4.84. The summed E-state index contributed by atoms with van der Waals surface area (Å²) < 4.78 is 1.71. The predicted octanol–water partition coefficient (Wildman–Crippen LogP) is 0.503. The largest absolute Gasteiger partial charge is 1.00 e. The van der Waals surface area contributed by atoms with E-state index < -0.39 is 5.97 Å². The molecule has 28 heavy (non-hydrogen) atoms. The molecule has 4 nitrogen and oxygen atoms in total. The van der Waals surface area contributed by atoms with Crippen LogP contribution in [0.4, 0.5) is 0 Å². The van der Waals surface area contributed by atoms with Crippen molar-refractivity contribution in [1.29, 1.82) is 0 Å². The van der Waals surface area contributed by atoms with Gasteiger partial charge in [-0.3, -0.25) is 0 Å². The summed E-state index contributed by atoms with van der Waals surface area (Å²) >= 11 is 0. The summed E-state index contributed by atoms with van der Waals surface area (Å²) in [7, 11) is 0. The van der Waals surface area contributed by atoms with Crippen LogP contribution in [0.15, 0.2) is 91.0 Å². The van der Waals surface area contributed by atoms with Gasteiger partial charge in [0.2, 0.25) is 0 Å². The summed E-state index contributed by atoms with van der Waals surface area (Å²) in [6.07, 6.45) is -0.223. The Morgan fingerprint density at radius 3 is 1.82 bits per heavy atom. The van der Waals surface area contributed by atoms with E-state index in [2.05, 4.69) is 0 Å². The van der Waals surface area contributed by atoms with E-state index >= 15 is 0 Å². The van der Waals surface area contributed by atoms with E-state index in [9.17, 15) is 9.90 Å². The van der Waals surface area contributed by atoms with Crippen molar-refractivity contribution in [3.05, 3.63) is 96.7 Å². The Balaban J connectivity index is 0.00000225. The van der Waals surface area contributed by atoms with Crippen molar-refractivity contribution in [1.82, 2.24) is 9.78 Å². The van der Waals surface area contributed by atoms with Crippen molar-refractivity contribution in [3.63, 3.8) is 0 Å². The summed E-state index contributed by atoms with van der Waals surface area (Å²) in [4.78, 5) is 11.5. The second-order valence-electron chi connectivity index (χ2n) is 6.20. The number of hydrogen-bond acceptors (Lipinski definition) is 3. The van der Waals surface area contributed by atoms with Crippen molar-refractivity contribution in [2.75, 3.05) is 0 Å². The quantitative estimate of drug-likeness (QED) is 0.477. The van der Waals surface area contributed by atoms with Gasteiger partial charge in [-0.25, -0.2) is 4.68 Å². The molecule has 0 radical (unpaired) electrons. The van der Waals surface area contributed by atoms with Gasteiger partial charge >= 0.3 is 29.6 Å². The van der Waals surface area contributed by atoms with Gasteiger partial charge < -0.3 is 9.90 Å². The number of carbonyl (C=O) groups excluding carboxylic acids is 1. The molecule has 0 saturated heterocycles. The number of carboxylic acid groups (broad SMARTS) is 1. The summed E-state index contributed by atoms with van der Waals surface area (Å²) in [6, 6.07) is 29.1. The summed E-state index contributed by atoms with van der Waals surface area (Å²) in [6.45, 7) is 0. The predicted molar refractivity (Wildman–Crippen MR) is 103 cm³/mol. The molecule has 0 atom stereocenters. The van der Waals surface area contributed by atoms with E-state index in [0.717, 1.165) is 28.1 Å². The van der Waals surface area contributed by atoms with Crippen LogP contribution in [0, 0.1) is 0 Å². The first-order chi connectivity index (χ1) is 13.2. The summed E-state index contributed by atoms with van der Waals surface area (Å²) in [5, 5.41) is 16.3. The van der Waals surface area contributed by atoms with Crippen molar-refractivity contribution in [2.45, 2.75) is 6.42 Å². The van der Waals surface area contributed by atoms with Crippen LogP contribution in [0.25, 0.3) is 28.1 Å². The minimum atomic E-state index is -1.14. The van der Waals surface area contributed by atoms with E-state index in [0.29, 0.717) is 5.69 Å². The van der Waals surface area contributed by atoms with Crippen molar-refractivity contribution in [2.24, 2.45) is 0 Å². The zero-order chi connectivity index (χ0) is 18.6. The van der Waals surface area contributed by atoms with Gasteiger partial charge in [0.25, 0.3) is 0 Å². The second-order valence-corrected chi connectivity index (χ2v) is 6.20. The first-order valence-electron chi connectivity index (χ1n) is 8.72. The smallest absolute Gasteiger partial charge is 0.550 e. The molecule has 5 heteroatoms. The third-order valence-electron chi connectivity index (χ3n) is 4.40. The van der Waals surface area contributed by atoms with Gasteiger partial charge in [0.1, 0.15) is 5.69 Å². The minimum absolute atomic E-state index is 0. The normalized spacial score (nSPS) is 10.3. The fourth-order valence-electron chi connectivity index (χ4n) is 3.24. The number of para-hydroxylation sites is 1. The molecule has 3 aromatic carbocycles. The van der Waals surface area contributed by atoms with E-state index in [4.69, 9.17) is 5.10 Å². The van der Waals surface area contributed by atoms with Gasteiger partial charge in [0, 0.05) is 23.5 Å². The first-order valence-corrected chi connectivity index (χ1v) is 8.72. The fourth-order valence-corrected chi connectivity index (χ4v) is 3.24. The number of hydrogen-bond donors (Lipinski definition) is 0. The second kappa shape index (κ2) is 9.02. The Kier molecular flexibility index (Phi) is 6.47. The third kappa shape index (κ3) is 4.09. The molecule has 0 amide bonds. The van der Waals surface area contributed by atoms with Crippen LogP contribution in [0.5, 0.6) is 0 Å². The molecule has 0 N–H and O–H groups in total. The topological polar surface area (TPSA) is 57.9 Å². The maximum absolute atomic E-state index is 11.5. The molecule has 1 aromatic heterocycles. The maximum Gasteiger partial charge on any atom is 1.00 e. The van der Waals surface area contributed by atoms with E-state index in [1.54, 1.807) is 4.68 Å². The van der Waals surface area contributed by atoms with Crippen LogP contribution in [0.3, 0.4) is 0 Å². The van der Waals surface area contributed by atoms with Crippen LogP contribution in [-0.2, 0) is 11.2 Å². The van der Waals surface area contributed by atoms with Crippen LogP contribution < -0.4 is 34.7 Å². The number of benzene rings is 3. The zero-order valence-electron chi connectivity index (χ0n) is 15.6. The van der Waals surface area contributed by atoms with Gasteiger partial charge in [0.15, 0.2) is 0 Å². The number of nitrogens with zero attached hydrogens (tertiary/aromatic N) is 2. The van der Waals surface area contributed by atoms with E-state index in [1.807, 2.05) is 91.0 Å². The standard InChI is InChI=1S/C23H18N2O2.Na/c26-21(27)16-20-22(17-10-4-1-5-11-17)23(18-12-6-2-7-13-18)24-25(20)19-14-8-3-9-15-19;/h1-15H,16H2,(H,26,27);/q;+1/p-1. The molecule has 132 valence electrons. The Morgan fingerprint density at radius 2 is 1.29 bits per heavy atom. The van der Waals surface area contributed by atoms with Gasteiger partial charge in [-0.1, -0.05) is 78.9 Å². The van der Waals surface area contributed by atoms with Crippen molar-refractivity contribution in [3.8, 4) is 28.1 Å². The Hall–Kier alpha value is -2.66. The molecule has 0 spiro atoms. The first kappa shape index (κ1) is 20.1. The third-order valence-corrected chi connectivity index (χ3v) is 4.40. The van der Waals surface area contributed by atoms with Crippen LogP contribution in [-0.4, -0.2) is 15.7 Å². The molecular formula is C23H17N2NaO2. The molecular weight excluding hydrogens is 359 g/mol. The molecule has 4 rings (SSSR count). The van der Waals surface area contributed by atoms with Crippen LogP contribution >= 0.6 is 0 Å². The van der Waals surface area contributed by atoms with Gasteiger partial charge in [-0.2, -0.15) is 5.10 Å².